The van der Waals surface area contributed by atoms with Gasteiger partial charge in [-0.25, -0.2) is 14.4 Å². The van der Waals surface area contributed by atoms with Crippen molar-refractivity contribution < 1.29 is 4.39 Å². The second kappa shape index (κ2) is 7.36. The molecule has 0 radical (unpaired) electrons. The van der Waals surface area contributed by atoms with Gasteiger partial charge in [-0.05, 0) is 27.3 Å². The van der Waals surface area contributed by atoms with Gasteiger partial charge >= 0.3 is 0 Å². The summed E-state index contributed by atoms with van der Waals surface area (Å²) in [5.41, 5.74) is 4.40. The fourth-order valence-electron chi connectivity index (χ4n) is 3.45. The molecule has 0 spiro atoms. The summed E-state index contributed by atoms with van der Waals surface area (Å²) in [6, 6.07) is 0.206. The van der Waals surface area contributed by atoms with E-state index in [1.54, 1.807) is 12.4 Å². The third-order valence-electron chi connectivity index (χ3n) is 4.71. The molecule has 1 aliphatic rings. The van der Waals surface area contributed by atoms with E-state index >= 15 is 0 Å². The maximum atomic E-state index is 14.0. The minimum Gasteiger partial charge on any atom is -0.300 e. The van der Waals surface area contributed by atoms with Crippen molar-refractivity contribution in [2.45, 2.75) is 45.6 Å². The first kappa shape index (κ1) is 17.0. The summed E-state index contributed by atoms with van der Waals surface area (Å²) in [4.78, 5) is 12.6. The van der Waals surface area contributed by atoms with Crippen molar-refractivity contribution in [2.75, 3.05) is 20.1 Å². The number of halogens is 1. The van der Waals surface area contributed by atoms with Crippen LogP contribution in [0.3, 0.4) is 0 Å². The molecule has 130 valence electrons. The van der Waals surface area contributed by atoms with Crippen LogP contribution < -0.4 is 0 Å². The predicted molar refractivity (Wildman–Crippen MR) is 90.1 cm³/mol. The SMILES string of the molecule is Cc1n[nH]c(C)c1CN(C)C[C@@H]1C[C@H](F)CN1Cc1cncnc1. The molecule has 7 heteroatoms. The number of aromatic nitrogens is 4. The number of aryl methyl sites for hydroxylation is 2. The number of H-pyrrole nitrogens is 1. The Labute approximate surface area is 142 Å². The zero-order valence-electron chi connectivity index (χ0n) is 14.5. The molecule has 6 nitrogen and oxygen atoms in total. The van der Waals surface area contributed by atoms with Crippen molar-refractivity contribution in [2.24, 2.45) is 0 Å². The van der Waals surface area contributed by atoms with Crippen molar-refractivity contribution >= 4 is 0 Å². The zero-order valence-corrected chi connectivity index (χ0v) is 14.5. The second-order valence-corrected chi connectivity index (χ2v) is 6.77. The summed E-state index contributed by atoms with van der Waals surface area (Å²) in [5, 5.41) is 7.27. The standard InChI is InChI=1S/C17H25FN6/c1-12-17(13(2)22-21-12)10-23(3)9-16-4-15(18)8-24(16)7-14-5-19-11-20-6-14/h5-6,11,15-16H,4,7-10H2,1-3H3,(H,21,22)/t15-,16-/m0/s1. The van der Waals surface area contributed by atoms with Gasteiger partial charge in [-0.1, -0.05) is 0 Å². The Hall–Kier alpha value is -1.86. The number of aromatic amines is 1. The number of likely N-dealkylation sites (tertiary alicyclic amines) is 1. The lowest BCUT2D eigenvalue weighted by Gasteiger charge is -2.28. The molecule has 1 aliphatic heterocycles. The molecule has 24 heavy (non-hydrogen) atoms. The first-order valence-corrected chi connectivity index (χ1v) is 8.34. The minimum absolute atomic E-state index is 0.206. The summed E-state index contributed by atoms with van der Waals surface area (Å²) < 4.78 is 14.0. The maximum Gasteiger partial charge on any atom is 0.115 e. The summed E-state index contributed by atoms with van der Waals surface area (Å²) in [7, 11) is 2.08. The largest absolute Gasteiger partial charge is 0.300 e. The first-order valence-electron chi connectivity index (χ1n) is 8.34. The maximum absolute atomic E-state index is 14.0. The Morgan fingerprint density at radius 2 is 2.08 bits per heavy atom. The van der Waals surface area contributed by atoms with Gasteiger partial charge in [0.15, 0.2) is 0 Å². The van der Waals surface area contributed by atoms with Crippen LogP contribution in [0.4, 0.5) is 4.39 Å². The van der Waals surface area contributed by atoms with E-state index in [1.807, 2.05) is 13.8 Å². The van der Waals surface area contributed by atoms with E-state index in [2.05, 4.69) is 37.0 Å². The summed E-state index contributed by atoms with van der Waals surface area (Å²) >= 11 is 0. The van der Waals surface area contributed by atoms with E-state index in [0.29, 0.717) is 19.5 Å². The van der Waals surface area contributed by atoms with Gasteiger partial charge in [0.2, 0.25) is 0 Å². The molecule has 0 aliphatic carbocycles. The predicted octanol–water partition coefficient (Wildman–Crippen LogP) is 1.86. The monoisotopic (exact) mass is 332 g/mol. The van der Waals surface area contributed by atoms with Crippen LogP contribution in [-0.4, -0.2) is 62.3 Å². The normalized spacial score (nSPS) is 21.7. The van der Waals surface area contributed by atoms with E-state index in [-0.39, 0.29) is 6.04 Å². The number of rotatable bonds is 6. The highest BCUT2D eigenvalue weighted by molar-refractivity contribution is 5.22. The van der Waals surface area contributed by atoms with Crippen molar-refractivity contribution in [1.29, 1.82) is 0 Å². The number of hydrogen-bond donors (Lipinski definition) is 1. The lowest BCUT2D eigenvalue weighted by Crippen LogP contribution is -2.38. The summed E-state index contributed by atoms with van der Waals surface area (Å²) in [6.45, 7) is 6.89. The van der Waals surface area contributed by atoms with Crippen LogP contribution in [0.5, 0.6) is 0 Å². The fourth-order valence-corrected chi connectivity index (χ4v) is 3.45. The smallest absolute Gasteiger partial charge is 0.115 e. The van der Waals surface area contributed by atoms with Crippen LogP contribution in [0.2, 0.25) is 0 Å². The molecule has 2 atom stereocenters. The number of hydrogen-bond acceptors (Lipinski definition) is 5. The molecule has 1 N–H and O–H groups in total. The van der Waals surface area contributed by atoms with E-state index in [4.69, 9.17) is 0 Å². The van der Waals surface area contributed by atoms with Crippen molar-refractivity contribution in [3.8, 4) is 0 Å². The lowest BCUT2D eigenvalue weighted by molar-refractivity contribution is 0.180. The van der Waals surface area contributed by atoms with Gasteiger partial charge in [0.05, 0.1) is 5.69 Å². The Kier molecular flexibility index (Phi) is 5.20. The summed E-state index contributed by atoms with van der Waals surface area (Å²) in [5.74, 6) is 0. The van der Waals surface area contributed by atoms with E-state index in [0.717, 1.165) is 30.0 Å². The fraction of sp³-hybridized carbons (Fsp3) is 0.588. The molecule has 2 aromatic heterocycles. The van der Waals surface area contributed by atoms with Gasteiger partial charge < -0.3 is 4.90 Å². The third kappa shape index (κ3) is 3.96. The highest BCUT2D eigenvalue weighted by Crippen LogP contribution is 2.24. The molecule has 0 saturated carbocycles. The van der Waals surface area contributed by atoms with Crippen LogP contribution in [0.25, 0.3) is 0 Å². The average Bonchev–Trinajstić information content (AvgIpc) is 3.05. The number of nitrogens with zero attached hydrogens (tertiary/aromatic N) is 5. The Morgan fingerprint density at radius 3 is 2.75 bits per heavy atom. The molecular formula is C17H25FN6. The van der Waals surface area contributed by atoms with Crippen LogP contribution >= 0.6 is 0 Å². The second-order valence-electron chi connectivity index (χ2n) is 6.77. The Morgan fingerprint density at radius 1 is 1.33 bits per heavy atom. The van der Waals surface area contributed by atoms with Crippen LogP contribution in [0.1, 0.15) is 28.9 Å². The minimum atomic E-state index is -0.759. The van der Waals surface area contributed by atoms with Crippen molar-refractivity contribution in [3.63, 3.8) is 0 Å². The molecule has 0 bridgehead atoms. The Bertz CT molecular complexity index is 639. The molecule has 1 saturated heterocycles. The van der Waals surface area contributed by atoms with E-state index in [1.165, 1.54) is 11.9 Å². The van der Waals surface area contributed by atoms with Crippen LogP contribution in [0, 0.1) is 13.8 Å². The summed E-state index contributed by atoms with van der Waals surface area (Å²) in [6.07, 6.45) is 4.95. The van der Waals surface area contributed by atoms with Crippen molar-refractivity contribution in [1.82, 2.24) is 30.0 Å². The van der Waals surface area contributed by atoms with E-state index in [9.17, 15) is 4.39 Å². The van der Waals surface area contributed by atoms with Gasteiger partial charge in [-0.15, -0.1) is 0 Å². The van der Waals surface area contributed by atoms with Gasteiger partial charge in [0.1, 0.15) is 12.5 Å². The zero-order chi connectivity index (χ0) is 17.1. The topological polar surface area (TPSA) is 60.9 Å². The molecule has 0 unspecified atom stereocenters. The van der Waals surface area contributed by atoms with E-state index < -0.39 is 6.17 Å². The first-order chi connectivity index (χ1) is 11.5. The molecule has 1 fully saturated rings. The highest BCUT2D eigenvalue weighted by atomic mass is 19.1. The average molecular weight is 332 g/mol. The Balaban J connectivity index is 1.61. The molecule has 3 heterocycles. The van der Waals surface area contributed by atoms with Crippen LogP contribution in [0.15, 0.2) is 18.7 Å². The third-order valence-corrected chi connectivity index (χ3v) is 4.71. The molecule has 0 amide bonds. The molecule has 0 aromatic carbocycles. The van der Waals surface area contributed by atoms with Gasteiger partial charge in [-0.2, -0.15) is 5.10 Å². The molecular weight excluding hydrogens is 307 g/mol. The number of alkyl halides is 1. The lowest BCUT2D eigenvalue weighted by atomic mass is 10.1. The van der Waals surface area contributed by atoms with Crippen molar-refractivity contribution in [3.05, 3.63) is 41.2 Å². The highest BCUT2D eigenvalue weighted by Gasteiger charge is 2.32. The van der Waals surface area contributed by atoms with Crippen LogP contribution in [-0.2, 0) is 13.1 Å². The number of likely N-dealkylation sites (N-methyl/N-ethyl adjacent to an activating group) is 1. The quantitative estimate of drug-likeness (QED) is 0.875. The number of nitrogens with one attached hydrogen (secondary N) is 1. The van der Waals surface area contributed by atoms with Gasteiger partial charge in [0, 0.05) is 61.4 Å². The van der Waals surface area contributed by atoms with Gasteiger partial charge in [0.25, 0.3) is 0 Å². The molecule has 2 aromatic rings. The molecule has 3 rings (SSSR count). The van der Waals surface area contributed by atoms with Gasteiger partial charge in [-0.3, -0.25) is 10.00 Å².